The molecule has 2 amide bonds. The largest absolute Gasteiger partial charge is 0.444 e. The predicted octanol–water partition coefficient (Wildman–Crippen LogP) is 2.23. The Morgan fingerprint density at radius 3 is 2.32 bits per heavy atom. The molecule has 0 aromatic heterocycles. The zero-order valence-corrected chi connectivity index (χ0v) is 15.8. The first-order chi connectivity index (χ1) is 13.0. The summed E-state index contributed by atoms with van der Waals surface area (Å²) in [7, 11) is 0. The third kappa shape index (κ3) is 6.86. The van der Waals surface area contributed by atoms with Gasteiger partial charge in [0.15, 0.2) is 0 Å². The number of nitrogens with zero attached hydrogens (tertiary/aromatic N) is 2. The van der Waals surface area contributed by atoms with Gasteiger partial charge in [-0.2, -0.15) is 0 Å². The molecule has 9 nitrogen and oxygen atoms in total. The van der Waals surface area contributed by atoms with Crippen LogP contribution in [-0.4, -0.2) is 36.6 Å². The number of nitrogens with one attached hydrogen (secondary N) is 1. The van der Waals surface area contributed by atoms with Gasteiger partial charge in [0.25, 0.3) is 5.69 Å². The van der Waals surface area contributed by atoms with Crippen LogP contribution in [0.25, 0.3) is 0 Å². The van der Waals surface area contributed by atoms with Crippen LogP contribution in [0.3, 0.4) is 0 Å². The van der Waals surface area contributed by atoms with Gasteiger partial charge in [0.05, 0.1) is 4.92 Å². The van der Waals surface area contributed by atoms with Crippen molar-refractivity contribution in [2.24, 2.45) is 5.73 Å². The van der Waals surface area contributed by atoms with E-state index < -0.39 is 11.0 Å². The molecule has 2 rings (SSSR count). The van der Waals surface area contributed by atoms with E-state index in [9.17, 15) is 19.7 Å². The van der Waals surface area contributed by atoms with Crippen LogP contribution in [0.15, 0.2) is 54.6 Å². The Morgan fingerprint density at radius 2 is 1.75 bits per heavy atom. The van der Waals surface area contributed by atoms with Gasteiger partial charge in [-0.3, -0.25) is 19.8 Å². The summed E-state index contributed by atoms with van der Waals surface area (Å²) < 4.78 is 5.26. The average molecular weight is 409 g/mol. The molecule has 0 bridgehead atoms. The molecule has 3 N–H and O–H groups in total. The summed E-state index contributed by atoms with van der Waals surface area (Å²) in [6.07, 6.45) is -0.706. The summed E-state index contributed by atoms with van der Waals surface area (Å²) >= 11 is 0. The highest BCUT2D eigenvalue weighted by Crippen LogP contribution is 2.16. The number of carbonyl (C=O) groups excluding carboxylic acids is 2. The van der Waals surface area contributed by atoms with E-state index in [0.29, 0.717) is 24.3 Å². The third-order valence-electron chi connectivity index (χ3n) is 3.57. The van der Waals surface area contributed by atoms with Crippen LogP contribution < -0.4 is 16.0 Å². The number of nitro groups is 1. The molecule has 0 atom stereocenters. The quantitative estimate of drug-likeness (QED) is 0.509. The van der Waals surface area contributed by atoms with Crippen LogP contribution in [0.1, 0.15) is 5.56 Å². The van der Waals surface area contributed by atoms with Crippen molar-refractivity contribution in [2.45, 2.75) is 6.61 Å². The Bertz CT molecular complexity index is 786. The fourth-order valence-corrected chi connectivity index (χ4v) is 2.22. The number of carbonyl (C=O) groups is 2. The predicted molar refractivity (Wildman–Crippen MR) is 106 cm³/mol. The van der Waals surface area contributed by atoms with E-state index in [1.807, 2.05) is 0 Å². The van der Waals surface area contributed by atoms with Gasteiger partial charge in [0.1, 0.15) is 13.2 Å². The lowest BCUT2D eigenvalue weighted by atomic mass is 10.2. The highest BCUT2D eigenvalue weighted by atomic mass is 35.5. The van der Waals surface area contributed by atoms with Gasteiger partial charge in [0.2, 0.25) is 5.91 Å². The summed E-state index contributed by atoms with van der Waals surface area (Å²) in [6, 6.07) is 14.3. The van der Waals surface area contributed by atoms with E-state index in [4.69, 9.17) is 10.5 Å². The van der Waals surface area contributed by atoms with Gasteiger partial charge >= 0.3 is 6.09 Å². The molecule has 2 aromatic rings. The second-order valence-electron chi connectivity index (χ2n) is 5.54. The number of nitro benzene ring substituents is 1. The molecule has 0 radical (unpaired) electrons. The SMILES string of the molecule is Cl.NCCNC(=O)CN(C(=O)OCc1ccc([N+](=O)[O-])cc1)c1ccccc1. The zero-order valence-electron chi connectivity index (χ0n) is 14.9. The lowest BCUT2D eigenvalue weighted by Crippen LogP contribution is -2.42. The average Bonchev–Trinajstić information content (AvgIpc) is 2.69. The number of anilines is 1. The first kappa shape index (κ1) is 22.9. The van der Waals surface area contributed by atoms with Crippen LogP contribution >= 0.6 is 12.4 Å². The smallest absolute Gasteiger partial charge is 0.415 e. The minimum Gasteiger partial charge on any atom is -0.444 e. The van der Waals surface area contributed by atoms with Crippen LogP contribution in [0.2, 0.25) is 0 Å². The van der Waals surface area contributed by atoms with Gasteiger partial charge in [-0.25, -0.2) is 4.79 Å². The Balaban J connectivity index is 0.00000392. The Labute approximate surface area is 168 Å². The van der Waals surface area contributed by atoms with E-state index in [2.05, 4.69) is 5.32 Å². The molecule has 0 fully saturated rings. The molecule has 0 heterocycles. The second-order valence-corrected chi connectivity index (χ2v) is 5.54. The van der Waals surface area contributed by atoms with Crippen LogP contribution in [-0.2, 0) is 16.1 Å². The molecule has 0 saturated heterocycles. The van der Waals surface area contributed by atoms with Crippen molar-refractivity contribution in [2.75, 3.05) is 24.5 Å². The van der Waals surface area contributed by atoms with Gasteiger partial charge in [-0.05, 0) is 29.8 Å². The van der Waals surface area contributed by atoms with Crippen molar-refractivity contribution in [3.8, 4) is 0 Å². The molecule has 2 aromatic carbocycles. The zero-order chi connectivity index (χ0) is 19.6. The molecule has 28 heavy (non-hydrogen) atoms. The topological polar surface area (TPSA) is 128 Å². The molecule has 0 aliphatic heterocycles. The minimum atomic E-state index is -0.706. The molecule has 150 valence electrons. The fourth-order valence-electron chi connectivity index (χ4n) is 2.22. The van der Waals surface area contributed by atoms with Crippen molar-refractivity contribution in [1.29, 1.82) is 0 Å². The van der Waals surface area contributed by atoms with Crippen molar-refractivity contribution in [3.63, 3.8) is 0 Å². The number of non-ortho nitro benzene ring substituents is 1. The Hall–Kier alpha value is -3.17. The highest BCUT2D eigenvalue weighted by Gasteiger charge is 2.20. The van der Waals surface area contributed by atoms with Crippen molar-refractivity contribution in [3.05, 3.63) is 70.3 Å². The summed E-state index contributed by atoms with van der Waals surface area (Å²) in [4.78, 5) is 35.8. The fraction of sp³-hybridized carbons (Fsp3) is 0.222. The first-order valence-electron chi connectivity index (χ1n) is 8.20. The molecule has 0 aliphatic rings. The first-order valence-corrected chi connectivity index (χ1v) is 8.20. The summed E-state index contributed by atoms with van der Waals surface area (Å²) in [5.41, 5.74) is 6.41. The maximum Gasteiger partial charge on any atom is 0.415 e. The minimum absolute atomic E-state index is 0. The Morgan fingerprint density at radius 1 is 1.11 bits per heavy atom. The normalized spacial score (nSPS) is 9.75. The van der Waals surface area contributed by atoms with E-state index in [1.54, 1.807) is 30.3 Å². The van der Waals surface area contributed by atoms with E-state index in [0.717, 1.165) is 0 Å². The standard InChI is InChI=1S/C18H20N4O5.ClH/c19-10-11-20-17(23)12-21(15-4-2-1-3-5-15)18(24)27-13-14-6-8-16(9-7-14)22(25)26;/h1-9H,10-13,19H2,(H,20,23);1H. The number of nitrogens with two attached hydrogens (primary N) is 1. The molecular formula is C18H21ClN4O5. The number of hydrogen-bond acceptors (Lipinski definition) is 6. The molecular weight excluding hydrogens is 388 g/mol. The maximum atomic E-state index is 12.5. The number of ether oxygens (including phenoxy) is 1. The second kappa shape index (κ2) is 11.5. The van der Waals surface area contributed by atoms with Crippen LogP contribution in [0, 0.1) is 10.1 Å². The molecule has 10 heteroatoms. The molecule has 0 aliphatic carbocycles. The van der Waals surface area contributed by atoms with Gasteiger partial charge in [-0.15, -0.1) is 12.4 Å². The van der Waals surface area contributed by atoms with E-state index >= 15 is 0 Å². The van der Waals surface area contributed by atoms with E-state index in [1.165, 1.54) is 29.2 Å². The molecule has 0 unspecified atom stereocenters. The number of hydrogen-bond donors (Lipinski definition) is 2. The number of para-hydroxylation sites is 1. The van der Waals surface area contributed by atoms with E-state index in [-0.39, 0.29) is 37.2 Å². The summed E-state index contributed by atoms with van der Waals surface area (Å²) in [5.74, 6) is -0.364. The van der Waals surface area contributed by atoms with Crippen LogP contribution in [0.5, 0.6) is 0 Å². The monoisotopic (exact) mass is 408 g/mol. The van der Waals surface area contributed by atoms with Crippen LogP contribution in [0.4, 0.5) is 16.2 Å². The Kier molecular flexibility index (Phi) is 9.41. The summed E-state index contributed by atoms with van der Waals surface area (Å²) in [5, 5.41) is 13.3. The van der Waals surface area contributed by atoms with Gasteiger partial charge in [0, 0.05) is 30.9 Å². The molecule has 0 spiro atoms. The number of amides is 2. The number of halogens is 1. The molecule has 0 saturated carbocycles. The third-order valence-corrected chi connectivity index (χ3v) is 3.57. The van der Waals surface area contributed by atoms with Gasteiger partial charge in [-0.1, -0.05) is 18.2 Å². The lowest BCUT2D eigenvalue weighted by Gasteiger charge is -2.21. The highest BCUT2D eigenvalue weighted by molar-refractivity contribution is 5.94. The van der Waals surface area contributed by atoms with Crippen molar-refractivity contribution in [1.82, 2.24) is 5.32 Å². The lowest BCUT2D eigenvalue weighted by molar-refractivity contribution is -0.384. The number of benzene rings is 2. The summed E-state index contributed by atoms with van der Waals surface area (Å²) in [6.45, 7) is 0.300. The van der Waals surface area contributed by atoms with Crippen molar-refractivity contribution >= 4 is 35.8 Å². The maximum absolute atomic E-state index is 12.5. The van der Waals surface area contributed by atoms with Gasteiger partial charge < -0.3 is 15.8 Å². The van der Waals surface area contributed by atoms with Crippen molar-refractivity contribution < 1.29 is 19.2 Å². The number of rotatable bonds is 8.